The van der Waals surface area contributed by atoms with Gasteiger partial charge >= 0.3 is 0 Å². The summed E-state index contributed by atoms with van der Waals surface area (Å²) in [6.45, 7) is 5.57. The minimum atomic E-state index is 0.180. The minimum absolute atomic E-state index is 0.180. The Balaban J connectivity index is 2.01. The molecule has 0 spiro atoms. The summed E-state index contributed by atoms with van der Waals surface area (Å²) in [5.74, 6) is 0.862. The first kappa shape index (κ1) is 16.0. The molecule has 4 nitrogen and oxygen atoms in total. The van der Waals surface area contributed by atoms with Crippen LogP contribution in [0.3, 0.4) is 0 Å². The predicted molar refractivity (Wildman–Crippen MR) is 88.3 cm³/mol. The lowest BCUT2D eigenvalue weighted by Crippen LogP contribution is -2.21. The summed E-state index contributed by atoms with van der Waals surface area (Å²) in [6, 6.07) is 6.22. The molecule has 1 unspecified atom stereocenters. The summed E-state index contributed by atoms with van der Waals surface area (Å²) in [6.07, 6.45) is 5.67. The average Bonchev–Trinajstić information content (AvgIpc) is 2.96. The smallest absolute Gasteiger partial charge is 0.120 e. The van der Waals surface area contributed by atoms with Crippen molar-refractivity contribution in [2.24, 2.45) is 5.73 Å². The van der Waals surface area contributed by atoms with E-state index in [9.17, 15) is 0 Å². The van der Waals surface area contributed by atoms with Crippen LogP contribution < -0.4 is 10.5 Å². The predicted octanol–water partition coefficient (Wildman–Crippen LogP) is 3.52. The first-order valence-electron chi connectivity index (χ1n) is 7.30. The maximum atomic E-state index is 6.03. The van der Waals surface area contributed by atoms with Crippen LogP contribution in [0.15, 0.2) is 35.1 Å². The lowest BCUT2D eigenvalue weighted by molar-refractivity contribution is 0.305. The molecular weight excluding hydrogens is 330 g/mol. The normalized spacial score (nSPS) is 12.4. The molecule has 1 aromatic heterocycles. The molecular formula is C16H22BrN3O. The number of halogens is 1. The van der Waals surface area contributed by atoms with Gasteiger partial charge in [0.25, 0.3) is 0 Å². The van der Waals surface area contributed by atoms with Crippen LogP contribution in [-0.2, 0) is 19.6 Å². The first-order valence-corrected chi connectivity index (χ1v) is 8.09. The number of nitrogens with zero attached hydrogens (tertiary/aromatic N) is 2. The number of aryl methyl sites for hydroxylation is 1. The number of ether oxygens (including phenoxy) is 1. The van der Waals surface area contributed by atoms with E-state index in [0.29, 0.717) is 6.61 Å². The Morgan fingerprint density at radius 2 is 2.19 bits per heavy atom. The summed E-state index contributed by atoms with van der Waals surface area (Å²) < 4.78 is 8.82. The van der Waals surface area contributed by atoms with Crippen LogP contribution in [-0.4, -0.2) is 15.8 Å². The van der Waals surface area contributed by atoms with Gasteiger partial charge in [0.15, 0.2) is 0 Å². The van der Waals surface area contributed by atoms with Crippen LogP contribution in [0.25, 0.3) is 0 Å². The Hall–Kier alpha value is -1.33. The molecule has 0 amide bonds. The van der Waals surface area contributed by atoms with Gasteiger partial charge in [-0.05, 0) is 43.5 Å². The van der Waals surface area contributed by atoms with Crippen molar-refractivity contribution in [1.82, 2.24) is 9.78 Å². The van der Waals surface area contributed by atoms with Gasteiger partial charge in [0.05, 0.1) is 6.20 Å². The SMILES string of the molecule is CCC(N)Cc1cc(OCc2cnn(CC)c2)ccc1Br. The highest BCUT2D eigenvalue weighted by Crippen LogP contribution is 2.24. The molecule has 5 heteroatoms. The Morgan fingerprint density at radius 1 is 1.38 bits per heavy atom. The largest absolute Gasteiger partial charge is 0.489 e. The average molecular weight is 352 g/mol. The van der Waals surface area contributed by atoms with Gasteiger partial charge < -0.3 is 10.5 Å². The van der Waals surface area contributed by atoms with Crippen LogP contribution >= 0.6 is 15.9 Å². The second-order valence-electron chi connectivity index (χ2n) is 5.12. The van der Waals surface area contributed by atoms with E-state index >= 15 is 0 Å². The Bertz CT molecular complexity index is 583. The van der Waals surface area contributed by atoms with E-state index in [1.165, 1.54) is 5.56 Å². The third-order valence-corrected chi connectivity index (χ3v) is 4.21. The molecule has 114 valence electrons. The van der Waals surface area contributed by atoms with Crippen LogP contribution in [0, 0.1) is 0 Å². The number of benzene rings is 1. The van der Waals surface area contributed by atoms with E-state index in [2.05, 4.69) is 40.9 Å². The molecule has 1 atom stereocenters. The third kappa shape index (κ3) is 4.58. The fourth-order valence-corrected chi connectivity index (χ4v) is 2.45. The highest BCUT2D eigenvalue weighted by Gasteiger charge is 2.07. The van der Waals surface area contributed by atoms with Gasteiger partial charge in [-0.15, -0.1) is 0 Å². The minimum Gasteiger partial charge on any atom is -0.489 e. The van der Waals surface area contributed by atoms with Gasteiger partial charge in [-0.2, -0.15) is 5.10 Å². The van der Waals surface area contributed by atoms with Crippen molar-refractivity contribution in [3.8, 4) is 5.75 Å². The number of rotatable bonds is 7. The van der Waals surface area contributed by atoms with Crippen molar-refractivity contribution >= 4 is 15.9 Å². The van der Waals surface area contributed by atoms with Gasteiger partial charge in [-0.25, -0.2) is 0 Å². The fraction of sp³-hybridized carbons (Fsp3) is 0.438. The molecule has 0 fully saturated rings. The molecule has 0 radical (unpaired) electrons. The van der Waals surface area contributed by atoms with Gasteiger partial charge in [0, 0.05) is 28.8 Å². The van der Waals surface area contributed by atoms with E-state index in [0.717, 1.165) is 35.2 Å². The summed E-state index contributed by atoms with van der Waals surface area (Å²) in [5.41, 5.74) is 8.30. The second kappa shape index (κ2) is 7.61. The third-order valence-electron chi connectivity index (χ3n) is 3.44. The quantitative estimate of drug-likeness (QED) is 0.830. The monoisotopic (exact) mass is 351 g/mol. The molecule has 21 heavy (non-hydrogen) atoms. The number of hydrogen-bond donors (Lipinski definition) is 1. The number of nitrogens with two attached hydrogens (primary N) is 1. The van der Waals surface area contributed by atoms with Gasteiger partial charge in [-0.1, -0.05) is 22.9 Å². The van der Waals surface area contributed by atoms with Crippen molar-refractivity contribution in [3.63, 3.8) is 0 Å². The van der Waals surface area contributed by atoms with Crippen molar-refractivity contribution in [2.75, 3.05) is 0 Å². The number of hydrogen-bond acceptors (Lipinski definition) is 3. The summed E-state index contributed by atoms with van der Waals surface area (Å²) in [4.78, 5) is 0. The molecule has 0 aliphatic carbocycles. The van der Waals surface area contributed by atoms with Crippen molar-refractivity contribution < 1.29 is 4.74 Å². The summed E-state index contributed by atoms with van der Waals surface area (Å²) >= 11 is 3.57. The lowest BCUT2D eigenvalue weighted by atomic mass is 10.0. The first-order chi connectivity index (χ1) is 10.1. The van der Waals surface area contributed by atoms with Crippen molar-refractivity contribution in [1.29, 1.82) is 0 Å². The lowest BCUT2D eigenvalue weighted by Gasteiger charge is -2.12. The van der Waals surface area contributed by atoms with E-state index in [-0.39, 0.29) is 6.04 Å². The molecule has 2 aromatic rings. The molecule has 1 aromatic carbocycles. The van der Waals surface area contributed by atoms with E-state index in [4.69, 9.17) is 10.5 Å². The van der Waals surface area contributed by atoms with Crippen LogP contribution in [0.5, 0.6) is 5.75 Å². The molecule has 0 aliphatic rings. The maximum absolute atomic E-state index is 6.03. The van der Waals surface area contributed by atoms with Gasteiger partial charge in [0.2, 0.25) is 0 Å². The molecule has 0 bridgehead atoms. The zero-order chi connectivity index (χ0) is 15.2. The fourth-order valence-electron chi connectivity index (χ4n) is 2.04. The molecule has 1 heterocycles. The van der Waals surface area contributed by atoms with E-state index in [1.54, 1.807) is 0 Å². The Morgan fingerprint density at radius 3 is 2.86 bits per heavy atom. The standard InChI is InChI=1S/C16H22BrN3O/c1-3-14(18)7-13-8-15(5-6-16(13)17)21-11-12-9-19-20(4-2)10-12/h5-6,8-10,14H,3-4,7,11,18H2,1-2H3. The van der Waals surface area contributed by atoms with Crippen molar-refractivity contribution in [3.05, 3.63) is 46.2 Å². The summed E-state index contributed by atoms with van der Waals surface area (Å²) in [7, 11) is 0. The zero-order valence-corrected chi connectivity index (χ0v) is 14.1. The topological polar surface area (TPSA) is 53.1 Å². The maximum Gasteiger partial charge on any atom is 0.120 e. The van der Waals surface area contributed by atoms with E-state index in [1.807, 2.05) is 29.2 Å². The Kier molecular flexibility index (Phi) is 5.82. The highest BCUT2D eigenvalue weighted by atomic mass is 79.9. The number of aromatic nitrogens is 2. The molecule has 0 saturated heterocycles. The molecule has 2 rings (SSSR count). The van der Waals surface area contributed by atoms with Gasteiger partial charge in [0.1, 0.15) is 12.4 Å². The second-order valence-corrected chi connectivity index (χ2v) is 5.97. The molecule has 0 aliphatic heterocycles. The summed E-state index contributed by atoms with van der Waals surface area (Å²) in [5, 5.41) is 4.24. The van der Waals surface area contributed by atoms with Crippen LogP contribution in [0.1, 0.15) is 31.4 Å². The molecule has 0 saturated carbocycles. The van der Waals surface area contributed by atoms with Crippen molar-refractivity contribution in [2.45, 2.75) is 45.9 Å². The van der Waals surface area contributed by atoms with Crippen LogP contribution in [0.4, 0.5) is 0 Å². The van der Waals surface area contributed by atoms with Gasteiger partial charge in [-0.3, -0.25) is 4.68 Å². The highest BCUT2D eigenvalue weighted by molar-refractivity contribution is 9.10. The Labute approximate surface area is 134 Å². The molecule has 2 N–H and O–H groups in total. The van der Waals surface area contributed by atoms with E-state index < -0.39 is 0 Å². The zero-order valence-electron chi connectivity index (χ0n) is 12.6. The van der Waals surface area contributed by atoms with Crippen LogP contribution in [0.2, 0.25) is 0 Å².